The van der Waals surface area contributed by atoms with Gasteiger partial charge in [0.15, 0.2) is 0 Å². The highest BCUT2D eigenvalue weighted by Crippen LogP contribution is 2.32. The monoisotopic (exact) mass is 265 g/mol. The lowest BCUT2D eigenvalue weighted by molar-refractivity contribution is 0.300. The standard InChI is InChI=1S/C16H24FNO/c1-16(2,3)18-11-13-8-14(17)10-15(9-13)19-7-6-12-4-5-12/h8-10,12,18H,4-7,11H2,1-3H3. The van der Waals surface area contributed by atoms with Gasteiger partial charge in [-0.25, -0.2) is 4.39 Å². The second kappa shape index (κ2) is 5.91. The molecule has 0 bridgehead atoms. The van der Waals surface area contributed by atoms with Crippen LogP contribution in [0.3, 0.4) is 0 Å². The number of benzene rings is 1. The summed E-state index contributed by atoms with van der Waals surface area (Å²) in [6.07, 6.45) is 3.74. The van der Waals surface area contributed by atoms with Crippen LogP contribution in [-0.4, -0.2) is 12.1 Å². The summed E-state index contributed by atoms with van der Waals surface area (Å²) >= 11 is 0. The zero-order valence-electron chi connectivity index (χ0n) is 12.1. The van der Waals surface area contributed by atoms with E-state index >= 15 is 0 Å². The molecule has 1 saturated carbocycles. The van der Waals surface area contributed by atoms with Crippen LogP contribution in [0.5, 0.6) is 5.75 Å². The third-order valence-electron chi connectivity index (χ3n) is 3.25. The maximum Gasteiger partial charge on any atom is 0.127 e. The van der Waals surface area contributed by atoms with Crippen molar-refractivity contribution in [2.75, 3.05) is 6.61 Å². The molecular weight excluding hydrogens is 241 g/mol. The molecule has 0 aromatic heterocycles. The van der Waals surface area contributed by atoms with Crippen LogP contribution in [0.15, 0.2) is 18.2 Å². The topological polar surface area (TPSA) is 21.3 Å². The van der Waals surface area contributed by atoms with Gasteiger partial charge in [0.2, 0.25) is 0 Å². The van der Waals surface area contributed by atoms with Crippen LogP contribution >= 0.6 is 0 Å². The molecule has 2 nitrogen and oxygen atoms in total. The first-order chi connectivity index (χ1) is 8.92. The van der Waals surface area contributed by atoms with E-state index in [1.54, 1.807) is 6.07 Å². The van der Waals surface area contributed by atoms with Gasteiger partial charge in [0, 0.05) is 18.2 Å². The van der Waals surface area contributed by atoms with E-state index in [2.05, 4.69) is 26.1 Å². The average Bonchev–Trinajstić information content (AvgIpc) is 3.09. The van der Waals surface area contributed by atoms with E-state index in [4.69, 9.17) is 4.74 Å². The number of rotatable bonds is 6. The first-order valence-electron chi connectivity index (χ1n) is 7.10. The SMILES string of the molecule is CC(C)(C)NCc1cc(F)cc(OCCC2CC2)c1. The van der Waals surface area contributed by atoms with E-state index < -0.39 is 0 Å². The first-order valence-corrected chi connectivity index (χ1v) is 7.10. The predicted octanol–water partition coefficient (Wildman–Crippen LogP) is 3.89. The smallest absolute Gasteiger partial charge is 0.127 e. The van der Waals surface area contributed by atoms with E-state index in [9.17, 15) is 4.39 Å². The van der Waals surface area contributed by atoms with Gasteiger partial charge in [0.05, 0.1) is 6.61 Å². The molecule has 0 atom stereocenters. The van der Waals surface area contributed by atoms with E-state index in [0.717, 1.165) is 17.9 Å². The van der Waals surface area contributed by atoms with Crippen molar-refractivity contribution in [2.24, 2.45) is 5.92 Å². The van der Waals surface area contributed by atoms with Crippen LogP contribution in [0.4, 0.5) is 4.39 Å². The number of hydrogen-bond acceptors (Lipinski definition) is 2. The summed E-state index contributed by atoms with van der Waals surface area (Å²) in [6, 6.07) is 4.95. The lowest BCUT2D eigenvalue weighted by Gasteiger charge is -2.20. The summed E-state index contributed by atoms with van der Waals surface area (Å²) in [7, 11) is 0. The normalized spacial score (nSPS) is 15.6. The van der Waals surface area contributed by atoms with Gasteiger partial charge in [0.25, 0.3) is 0 Å². The first kappa shape index (κ1) is 14.3. The molecule has 0 saturated heterocycles. The van der Waals surface area contributed by atoms with Crippen LogP contribution in [0.25, 0.3) is 0 Å². The summed E-state index contributed by atoms with van der Waals surface area (Å²) in [5, 5.41) is 3.35. The van der Waals surface area contributed by atoms with Crippen molar-refractivity contribution < 1.29 is 9.13 Å². The fraction of sp³-hybridized carbons (Fsp3) is 0.625. The zero-order chi connectivity index (χ0) is 13.9. The van der Waals surface area contributed by atoms with Gasteiger partial charge in [-0.1, -0.05) is 12.8 Å². The minimum Gasteiger partial charge on any atom is -0.493 e. The van der Waals surface area contributed by atoms with Crippen LogP contribution in [0, 0.1) is 11.7 Å². The molecule has 1 aromatic rings. The highest BCUT2D eigenvalue weighted by Gasteiger charge is 2.20. The lowest BCUT2D eigenvalue weighted by Crippen LogP contribution is -2.35. The van der Waals surface area contributed by atoms with Crippen molar-refractivity contribution in [3.05, 3.63) is 29.6 Å². The van der Waals surface area contributed by atoms with Crippen LogP contribution in [0.2, 0.25) is 0 Å². The molecule has 3 heteroatoms. The maximum atomic E-state index is 13.5. The van der Waals surface area contributed by atoms with Gasteiger partial charge in [-0.3, -0.25) is 0 Å². The molecule has 1 aliphatic rings. The van der Waals surface area contributed by atoms with Gasteiger partial charge in [-0.15, -0.1) is 0 Å². The molecule has 1 N–H and O–H groups in total. The summed E-state index contributed by atoms with van der Waals surface area (Å²) in [4.78, 5) is 0. The molecular formula is C16H24FNO. The summed E-state index contributed by atoms with van der Waals surface area (Å²) < 4.78 is 19.2. The maximum absolute atomic E-state index is 13.5. The Morgan fingerprint density at radius 3 is 2.63 bits per heavy atom. The van der Waals surface area contributed by atoms with E-state index in [0.29, 0.717) is 18.9 Å². The largest absolute Gasteiger partial charge is 0.493 e. The van der Waals surface area contributed by atoms with Gasteiger partial charge in [0.1, 0.15) is 11.6 Å². The number of nitrogens with one attached hydrogen (secondary N) is 1. The molecule has 2 rings (SSSR count). The third kappa shape index (κ3) is 5.60. The van der Waals surface area contributed by atoms with Crippen molar-refractivity contribution in [1.82, 2.24) is 5.32 Å². The molecule has 0 spiro atoms. The number of hydrogen-bond donors (Lipinski definition) is 1. The molecule has 19 heavy (non-hydrogen) atoms. The molecule has 106 valence electrons. The van der Waals surface area contributed by atoms with Gasteiger partial charge >= 0.3 is 0 Å². The molecule has 1 fully saturated rings. The Morgan fingerprint density at radius 1 is 1.26 bits per heavy atom. The molecule has 0 amide bonds. The lowest BCUT2D eigenvalue weighted by atomic mass is 10.1. The van der Waals surface area contributed by atoms with Crippen molar-refractivity contribution in [1.29, 1.82) is 0 Å². The summed E-state index contributed by atoms with van der Waals surface area (Å²) in [6.45, 7) is 7.64. The van der Waals surface area contributed by atoms with E-state index in [1.165, 1.54) is 18.9 Å². The van der Waals surface area contributed by atoms with Crippen molar-refractivity contribution >= 4 is 0 Å². The average molecular weight is 265 g/mol. The molecule has 1 aliphatic carbocycles. The predicted molar refractivity (Wildman–Crippen MR) is 75.8 cm³/mol. The van der Waals surface area contributed by atoms with Crippen LogP contribution < -0.4 is 10.1 Å². The third-order valence-corrected chi connectivity index (χ3v) is 3.25. The minimum absolute atomic E-state index is 0.0271. The summed E-state index contributed by atoms with van der Waals surface area (Å²) in [5.41, 5.74) is 0.954. The zero-order valence-corrected chi connectivity index (χ0v) is 12.1. The quantitative estimate of drug-likeness (QED) is 0.842. The fourth-order valence-corrected chi connectivity index (χ4v) is 1.92. The Kier molecular flexibility index (Phi) is 4.46. The minimum atomic E-state index is -0.227. The van der Waals surface area contributed by atoms with Crippen LogP contribution in [-0.2, 0) is 6.54 Å². The fourth-order valence-electron chi connectivity index (χ4n) is 1.92. The van der Waals surface area contributed by atoms with Crippen LogP contribution in [0.1, 0.15) is 45.6 Å². The van der Waals surface area contributed by atoms with Crippen molar-refractivity contribution in [3.8, 4) is 5.75 Å². The second-order valence-electron chi connectivity index (χ2n) is 6.48. The Hall–Kier alpha value is -1.09. The van der Waals surface area contributed by atoms with Crippen molar-refractivity contribution in [3.63, 3.8) is 0 Å². The Labute approximate surface area is 115 Å². The highest BCUT2D eigenvalue weighted by molar-refractivity contribution is 5.29. The Bertz CT molecular complexity index is 421. The highest BCUT2D eigenvalue weighted by atomic mass is 19.1. The molecule has 0 heterocycles. The van der Waals surface area contributed by atoms with Gasteiger partial charge in [-0.05, 0) is 50.8 Å². The molecule has 0 radical (unpaired) electrons. The Morgan fingerprint density at radius 2 is 2.00 bits per heavy atom. The van der Waals surface area contributed by atoms with E-state index in [1.807, 2.05) is 6.07 Å². The summed E-state index contributed by atoms with van der Waals surface area (Å²) in [5.74, 6) is 1.26. The van der Waals surface area contributed by atoms with Crippen molar-refractivity contribution in [2.45, 2.75) is 52.1 Å². The number of halogens is 1. The van der Waals surface area contributed by atoms with E-state index in [-0.39, 0.29) is 11.4 Å². The molecule has 0 unspecified atom stereocenters. The van der Waals surface area contributed by atoms with Gasteiger partial charge < -0.3 is 10.1 Å². The molecule has 0 aliphatic heterocycles. The molecule has 1 aromatic carbocycles. The second-order valence-corrected chi connectivity index (χ2v) is 6.48. The Balaban J connectivity index is 1.89. The number of ether oxygens (including phenoxy) is 1. The van der Waals surface area contributed by atoms with Gasteiger partial charge in [-0.2, -0.15) is 0 Å².